The van der Waals surface area contributed by atoms with Crippen LogP contribution in [0.3, 0.4) is 0 Å². The van der Waals surface area contributed by atoms with Crippen LogP contribution in [-0.4, -0.2) is 4.98 Å². The zero-order valence-corrected chi connectivity index (χ0v) is 8.22. The van der Waals surface area contributed by atoms with Crippen LogP contribution in [0.1, 0.15) is 36.6 Å². The maximum atomic E-state index is 4.38. The van der Waals surface area contributed by atoms with Gasteiger partial charge in [-0.3, -0.25) is 4.98 Å². The SMILES string of the molecule is CCCCc1nccc(C)c1C. The molecule has 12 heavy (non-hydrogen) atoms. The predicted octanol–water partition coefficient (Wildman–Crippen LogP) is 3.04. The molecule has 0 spiro atoms. The molecule has 0 fully saturated rings. The van der Waals surface area contributed by atoms with E-state index in [1.165, 1.54) is 29.7 Å². The molecule has 0 aromatic carbocycles. The van der Waals surface area contributed by atoms with Crippen molar-refractivity contribution in [3.05, 3.63) is 29.1 Å². The molecule has 1 nitrogen and oxygen atoms in total. The van der Waals surface area contributed by atoms with Crippen LogP contribution in [0.15, 0.2) is 12.3 Å². The van der Waals surface area contributed by atoms with Gasteiger partial charge in [0.15, 0.2) is 0 Å². The first-order valence-electron chi connectivity index (χ1n) is 4.66. The predicted molar refractivity (Wildman–Crippen MR) is 52.3 cm³/mol. The molecular weight excluding hydrogens is 146 g/mol. The molecule has 66 valence electrons. The van der Waals surface area contributed by atoms with Crippen LogP contribution < -0.4 is 0 Å². The molecule has 0 saturated carbocycles. The van der Waals surface area contributed by atoms with E-state index in [4.69, 9.17) is 0 Å². The summed E-state index contributed by atoms with van der Waals surface area (Å²) >= 11 is 0. The third-order valence-electron chi connectivity index (χ3n) is 2.35. The average molecular weight is 163 g/mol. The lowest BCUT2D eigenvalue weighted by Crippen LogP contribution is -1.95. The molecule has 0 aliphatic heterocycles. The molecule has 0 N–H and O–H groups in total. The van der Waals surface area contributed by atoms with Gasteiger partial charge in [-0.25, -0.2) is 0 Å². The fourth-order valence-corrected chi connectivity index (χ4v) is 1.28. The zero-order chi connectivity index (χ0) is 8.97. The Balaban J connectivity index is 2.78. The molecule has 0 saturated heterocycles. The van der Waals surface area contributed by atoms with Crippen LogP contribution >= 0.6 is 0 Å². The van der Waals surface area contributed by atoms with E-state index in [1.54, 1.807) is 0 Å². The van der Waals surface area contributed by atoms with Crippen molar-refractivity contribution in [2.45, 2.75) is 40.0 Å². The van der Waals surface area contributed by atoms with Crippen molar-refractivity contribution in [2.75, 3.05) is 0 Å². The lowest BCUT2D eigenvalue weighted by atomic mass is 10.1. The van der Waals surface area contributed by atoms with Gasteiger partial charge in [0, 0.05) is 11.9 Å². The molecule has 1 aromatic rings. The number of aryl methyl sites for hydroxylation is 2. The average Bonchev–Trinajstić information content (AvgIpc) is 2.08. The van der Waals surface area contributed by atoms with Gasteiger partial charge >= 0.3 is 0 Å². The number of pyridine rings is 1. The Kier molecular flexibility index (Phi) is 3.27. The standard InChI is InChI=1S/C11H17N/c1-4-5-6-11-10(3)9(2)7-8-12-11/h7-8H,4-6H2,1-3H3. The van der Waals surface area contributed by atoms with Crippen molar-refractivity contribution in [3.8, 4) is 0 Å². The normalized spacial score (nSPS) is 10.2. The Morgan fingerprint density at radius 3 is 2.75 bits per heavy atom. The van der Waals surface area contributed by atoms with Crippen LogP contribution in [0.5, 0.6) is 0 Å². The van der Waals surface area contributed by atoms with Gasteiger partial charge < -0.3 is 0 Å². The topological polar surface area (TPSA) is 12.9 Å². The van der Waals surface area contributed by atoms with Gasteiger partial charge in [-0.15, -0.1) is 0 Å². The minimum atomic E-state index is 1.13. The zero-order valence-electron chi connectivity index (χ0n) is 8.22. The molecule has 1 heteroatoms. The highest BCUT2D eigenvalue weighted by molar-refractivity contribution is 5.27. The van der Waals surface area contributed by atoms with Gasteiger partial charge in [0.05, 0.1) is 0 Å². The molecule has 1 heterocycles. The number of unbranched alkanes of at least 4 members (excludes halogenated alkanes) is 1. The summed E-state index contributed by atoms with van der Waals surface area (Å²) in [4.78, 5) is 4.38. The van der Waals surface area contributed by atoms with Gasteiger partial charge in [0.25, 0.3) is 0 Å². The molecule has 0 aliphatic carbocycles. The molecule has 1 aromatic heterocycles. The van der Waals surface area contributed by atoms with Crippen molar-refractivity contribution in [1.29, 1.82) is 0 Å². The fraction of sp³-hybridized carbons (Fsp3) is 0.545. The van der Waals surface area contributed by atoms with Gasteiger partial charge in [0.2, 0.25) is 0 Å². The summed E-state index contributed by atoms with van der Waals surface area (Å²) in [6, 6.07) is 2.07. The summed E-state index contributed by atoms with van der Waals surface area (Å²) in [6.45, 7) is 6.52. The molecule has 0 unspecified atom stereocenters. The van der Waals surface area contributed by atoms with E-state index in [0.29, 0.717) is 0 Å². The Bertz CT molecular complexity index is 253. The quantitative estimate of drug-likeness (QED) is 0.667. The summed E-state index contributed by atoms with van der Waals surface area (Å²) in [5, 5.41) is 0. The van der Waals surface area contributed by atoms with Crippen LogP contribution in [0.4, 0.5) is 0 Å². The van der Waals surface area contributed by atoms with Crippen molar-refractivity contribution < 1.29 is 0 Å². The van der Waals surface area contributed by atoms with Gasteiger partial charge in [-0.2, -0.15) is 0 Å². The van der Waals surface area contributed by atoms with Crippen LogP contribution in [0.25, 0.3) is 0 Å². The van der Waals surface area contributed by atoms with E-state index in [1.807, 2.05) is 6.20 Å². The van der Waals surface area contributed by atoms with E-state index in [-0.39, 0.29) is 0 Å². The van der Waals surface area contributed by atoms with Gasteiger partial charge in [0.1, 0.15) is 0 Å². The molecule has 0 radical (unpaired) electrons. The van der Waals surface area contributed by atoms with E-state index in [2.05, 4.69) is 31.8 Å². The molecule has 0 amide bonds. The molecule has 0 atom stereocenters. The first-order valence-corrected chi connectivity index (χ1v) is 4.66. The Hall–Kier alpha value is -0.850. The minimum Gasteiger partial charge on any atom is -0.261 e. The summed E-state index contributed by atoms with van der Waals surface area (Å²) in [6.07, 6.45) is 5.53. The van der Waals surface area contributed by atoms with Crippen LogP contribution in [-0.2, 0) is 6.42 Å². The monoisotopic (exact) mass is 163 g/mol. The van der Waals surface area contributed by atoms with Crippen molar-refractivity contribution in [2.24, 2.45) is 0 Å². The summed E-state index contributed by atoms with van der Waals surface area (Å²) in [5.74, 6) is 0. The van der Waals surface area contributed by atoms with E-state index in [0.717, 1.165) is 6.42 Å². The first kappa shape index (κ1) is 9.24. The second-order valence-corrected chi connectivity index (χ2v) is 3.30. The smallest absolute Gasteiger partial charge is 0.0435 e. The molecule has 0 bridgehead atoms. The van der Waals surface area contributed by atoms with E-state index >= 15 is 0 Å². The second-order valence-electron chi connectivity index (χ2n) is 3.30. The summed E-state index contributed by atoms with van der Waals surface area (Å²) in [7, 11) is 0. The number of hydrogen-bond donors (Lipinski definition) is 0. The Labute approximate surface area is 74.8 Å². The molecule has 0 aliphatic rings. The third-order valence-corrected chi connectivity index (χ3v) is 2.35. The number of nitrogens with zero attached hydrogens (tertiary/aromatic N) is 1. The first-order chi connectivity index (χ1) is 5.75. The highest BCUT2D eigenvalue weighted by Gasteiger charge is 2.00. The summed E-state index contributed by atoms with van der Waals surface area (Å²) < 4.78 is 0. The van der Waals surface area contributed by atoms with E-state index < -0.39 is 0 Å². The lowest BCUT2D eigenvalue weighted by Gasteiger charge is -2.05. The Morgan fingerprint density at radius 1 is 1.33 bits per heavy atom. The third kappa shape index (κ3) is 2.07. The highest BCUT2D eigenvalue weighted by Crippen LogP contribution is 2.11. The molecule has 1 rings (SSSR count). The maximum absolute atomic E-state index is 4.38. The Morgan fingerprint density at radius 2 is 2.08 bits per heavy atom. The number of aromatic nitrogens is 1. The van der Waals surface area contributed by atoms with Crippen LogP contribution in [0, 0.1) is 13.8 Å². The number of hydrogen-bond acceptors (Lipinski definition) is 1. The lowest BCUT2D eigenvalue weighted by molar-refractivity contribution is 0.770. The summed E-state index contributed by atoms with van der Waals surface area (Å²) in [5.41, 5.74) is 4.00. The van der Waals surface area contributed by atoms with Gasteiger partial charge in [-0.05, 0) is 43.9 Å². The highest BCUT2D eigenvalue weighted by atomic mass is 14.7. The van der Waals surface area contributed by atoms with Crippen molar-refractivity contribution in [1.82, 2.24) is 4.98 Å². The second kappa shape index (κ2) is 4.24. The minimum absolute atomic E-state index is 1.13. The van der Waals surface area contributed by atoms with Gasteiger partial charge in [-0.1, -0.05) is 13.3 Å². The number of rotatable bonds is 3. The molecular formula is C11H17N. The van der Waals surface area contributed by atoms with Crippen molar-refractivity contribution in [3.63, 3.8) is 0 Å². The fourth-order valence-electron chi connectivity index (χ4n) is 1.28. The maximum Gasteiger partial charge on any atom is 0.0435 e. The van der Waals surface area contributed by atoms with Crippen LogP contribution in [0.2, 0.25) is 0 Å². The van der Waals surface area contributed by atoms with Crippen molar-refractivity contribution >= 4 is 0 Å². The van der Waals surface area contributed by atoms with E-state index in [9.17, 15) is 0 Å². The largest absolute Gasteiger partial charge is 0.261 e.